The molecular formula is C45H26N4S2. The summed E-state index contributed by atoms with van der Waals surface area (Å²) in [5, 5.41) is 13.9. The van der Waals surface area contributed by atoms with Gasteiger partial charge in [0.15, 0.2) is 0 Å². The Hall–Kier alpha value is -6.39. The van der Waals surface area contributed by atoms with Crippen molar-refractivity contribution in [3.05, 3.63) is 163 Å². The van der Waals surface area contributed by atoms with Gasteiger partial charge in [0, 0.05) is 27.6 Å². The normalized spacial score (nSPS) is 11.5. The average Bonchev–Trinajstić information content (AvgIpc) is 3.91. The largest absolute Gasteiger partial charge is 0.309 e. The lowest BCUT2D eigenvalue weighted by molar-refractivity contribution is 1.18. The van der Waals surface area contributed by atoms with Gasteiger partial charge in [-0.3, -0.25) is 0 Å². The zero-order valence-corrected chi connectivity index (χ0v) is 28.7. The van der Waals surface area contributed by atoms with Gasteiger partial charge in [0.25, 0.3) is 0 Å². The number of thiazole rings is 2. The Balaban J connectivity index is 1.12. The molecule has 0 fully saturated rings. The molecule has 0 spiro atoms. The van der Waals surface area contributed by atoms with Gasteiger partial charge in [-0.05, 0) is 95.1 Å². The molecule has 7 aromatic carbocycles. The van der Waals surface area contributed by atoms with Gasteiger partial charge in [0.2, 0.25) is 0 Å². The van der Waals surface area contributed by atoms with Crippen LogP contribution in [0.1, 0.15) is 5.56 Å². The molecule has 51 heavy (non-hydrogen) atoms. The van der Waals surface area contributed by atoms with E-state index < -0.39 is 0 Å². The van der Waals surface area contributed by atoms with E-state index in [0.29, 0.717) is 5.56 Å². The standard InChI is InChI=1S/C45H26N4S2/c46-27-28-11-17-35(18-12-28)49-40-21-15-31(33-13-19-38-42(25-33)50-44(47-38)29-7-3-1-4-8-29)23-36(40)37-24-32(16-22-41(37)49)34-14-20-39-43(26-34)51-45(48-39)30-9-5-2-6-10-30/h1-26H. The molecule has 3 aromatic heterocycles. The van der Waals surface area contributed by atoms with Gasteiger partial charge < -0.3 is 4.57 Å². The van der Waals surface area contributed by atoms with Crippen molar-refractivity contribution in [3.8, 4) is 55.2 Å². The maximum Gasteiger partial charge on any atom is 0.124 e. The lowest BCUT2D eigenvalue weighted by Crippen LogP contribution is -1.94. The Morgan fingerprint density at radius 2 is 0.902 bits per heavy atom. The number of nitrogens with zero attached hydrogens (tertiary/aromatic N) is 4. The minimum atomic E-state index is 0.645. The molecule has 0 saturated carbocycles. The van der Waals surface area contributed by atoms with Crippen molar-refractivity contribution in [2.24, 2.45) is 0 Å². The second kappa shape index (κ2) is 11.9. The van der Waals surface area contributed by atoms with Gasteiger partial charge in [-0.25, -0.2) is 9.97 Å². The van der Waals surface area contributed by atoms with Crippen LogP contribution < -0.4 is 0 Å². The number of aromatic nitrogens is 3. The van der Waals surface area contributed by atoms with E-state index in [0.717, 1.165) is 71.2 Å². The summed E-state index contributed by atoms with van der Waals surface area (Å²) in [5.74, 6) is 0. The van der Waals surface area contributed by atoms with E-state index in [-0.39, 0.29) is 0 Å². The minimum Gasteiger partial charge on any atom is -0.309 e. The van der Waals surface area contributed by atoms with Crippen LogP contribution in [-0.4, -0.2) is 14.5 Å². The summed E-state index contributed by atoms with van der Waals surface area (Å²) in [4.78, 5) is 9.85. The average molecular weight is 687 g/mol. The maximum atomic E-state index is 9.47. The number of nitriles is 1. The molecule has 0 radical (unpaired) electrons. The molecule has 0 aliphatic rings. The summed E-state index contributed by atoms with van der Waals surface area (Å²) in [5.41, 5.74) is 12.8. The molecule has 0 unspecified atom stereocenters. The lowest BCUT2D eigenvalue weighted by atomic mass is 10.00. The molecule has 0 N–H and O–H groups in total. The van der Waals surface area contributed by atoms with Crippen molar-refractivity contribution in [3.63, 3.8) is 0 Å². The molecular weight excluding hydrogens is 661 g/mol. The first-order valence-electron chi connectivity index (χ1n) is 16.7. The Morgan fingerprint density at radius 3 is 1.37 bits per heavy atom. The third-order valence-corrected chi connectivity index (χ3v) is 11.6. The lowest BCUT2D eigenvalue weighted by Gasteiger charge is -2.09. The predicted octanol–water partition coefficient (Wildman–Crippen LogP) is 12.5. The van der Waals surface area contributed by atoms with E-state index >= 15 is 0 Å². The highest BCUT2D eigenvalue weighted by Gasteiger charge is 2.16. The first-order valence-corrected chi connectivity index (χ1v) is 18.3. The fraction of sp³-hybridized carbons (Fsp3) is 0. The van der Waals surface area contributed by atoms with Crippen molar-refractivity contribution in [1.82, 2.24) is 14.5 Å². The third-order valence-electron chi connectivity index (χ3n) is 9.50. The van der Waals surface area contributed by atoms with Gasteiger partial charge in [-0.2, -0.15) is 5.26 Å². The van der Waals surface area contributed by atoms with Crippen molar-refractivity contribution in [2.75, 3.05) is 0 Å². The molecule has 4 nitrogen and oxygen atoms in total. The van der Waals surface area contributed by atoms with Crippen LogP contribution in [0.25, 0.3) is 91.3 Å². The summed E-state index contributed by atoms with van der Waals surface area (Å²) in [7, 11) is 0. The first-order chi connectivity index (χ1) is 25.2. The van der Waals surface area contributed by atoms with Crippen LogP contribution in [0.2, 0.25) is 0 Å². The third kappa shape index (κ3) is 5.11. The van der Waals surface area contributed by atoms with Crippen molar-refractivity contribution < 1.29 is 0 Å². The van der Waals surface area contributed by atoms with Crippen LogP contribution in [0, 0.1) is 11.3 Å². The molecule has 3 heterocycles. The highest BCUT2D eigenvalue weighted by molar-refractivity contribution is 7.22. The smallest absolute Gasteiger partial charge is 0.124 e. The van der Waals surface area contributed by atoms with Gasteiger partial charge in [-0.1, -0.05) is 84.9 Å². The Labute approximate surface area is 301 Å². The van der Waals surface area contributed by atoms with Crippen LogP contribution in [0.5, 0.6) is 0 Å². The van der Waals surface area contributed by atoms with Crippen LogP contribution >= 0.6 is 22.7 Å². The highest BCUT2D eigenvalue weighted by atomic mass is 32.1. The van der Waals surface area contributed by atoms with Crippen molar-refractivity contribution in [1.29, 1.82) is 5.26 Å². The van der Waals surface area contributed by atoms with Crippen LogP contribution in [0.4, 0.5) is 0 Å². The Bertz CT molecular complexity index is 2790. The molecule has 10 aromatic rings. The molecule has 0 bridgehead atoms. The summed E-state index contributed by atoms with van der Waals surface area (Å²) in [6.07, 6.45) is 0. The molecule has 238 valence electrons. The van der Waals surface area contributed by atoms with Crippen molar-refractivity contribution in [2.45, 2.75) is 0 Å². The summed E-state index contributed by atoms with van der Waals surface area (Å²) < 4.78 is 4.64. The topological polar surface area (TPSA) is 54.5 Å². The van der Waals surface area contributed by atoms with E-state index in [2.05, 4.69) is 132 Å². The van der Waals surface area contributed by atoms with Crippen molar-refractivity contribution >= 4 is 64.9 Å². The van der Waals surface area contributed by atoms with E-state index in [4.69, 9.17) is 9.97 Å². The molecule has 6 heteroatoms. The summed E-state index contributed by atoms with van der Waals surface area (Å²) >= 11 is 3.46. The second-order valence-corrected chi connectivity index (χ2v) is 14.7. The van der Waals surface area contributed by atoms with Gasteiger partial charge in [0.1, 0.15) is 10.0 Å². The van der Waals surface area contributed by atoms with Crippen LogP contribution in [0.3, 0.4) is 0 Å². The van der Waals surface area contributed by atoms with Crippen LogP contribution in [0.15, 0.2) is 158 Å². The molecule has 0 aliphatic carbocycles. The first kappa shape index (κ1) is 29.5. The predicted molar refractivity (Wildman–Crippen MR) is 214 cm³/mol. The highest BCUT2D eigenvalue weighted by Crippen LogP contribution is 2.40. The molecule has 10 rings (SSSR count). The molecule has 0 amide bonds. The van der Waals surface area contributed by atoms with E-state index in [1.807, 2.05) is 36.4 Å². The van der Waals surface area contributed by atoms with Crippen LogP contribution in [-0.2, 0) is 0 Å². The quantitative estimate of drug-likeness (QED) is 0.181. The molecule has 0 saturated heterocycles. The van der Waals surface area contributed by atoms with Gasteiger partial charge >= 0.3 is 0 Å². The Kier molecular flexibility index (Phi) is 6.88. The second-order valence-electron chi connectivity index (χ2n) is 12.6. The fourth-order valence-corrected chi connectivity index (χ4v) is 8.98. The van der Waals surface area contributed by atoms with E-state index in [9.17, 15) is 5.26 Å². The monoisotopic (exact) mass is 686 g/mol. The number of fused-ring (bicyclic) bond motifs is 5. The Morgan fingerprint density at radius 1 is 0.451 bits per heavy atom. The molecule has 0 aliphatic heterocycles. The van der Waals surface area contributed by atoms with E-state index in [1.165, 1.54) is 20.2 Å². The SMILES string of the molecule is N#Cc1ccc(-n2c3ccc(-c4ccc5nc(-c6ccccc6)sc5c4)cc3c3cc(-c4ccc5nc(-c6ccccc6)sc5c4)ccc32)cc1. The molecule has 0 atom stereocenters. The number of rotatable bonds is 5. The summed E-state index contributed by atoms with van der Waals surface area (Å²) in [6.45, 7) is 0. The number of hydrogen-bond donors (Lipinski definition) is 0. The zero-order valence-electron chi connectivity index (χ0n) is 27.1. The summed E-state index contributed by atoms with van der Waals surface area (Å²) in [6, 6.07) is 57.5. The number of hydrogen-bond acceptors (Lipinski definition) is 5. The maximum absolute atomic E-state index is 9.47. The fourth-order valence-electron chi connectivity index (χ4n) is 6.96. The minimum absolute atomic E-state index is 0.645. The van der Waals surface area contributed by atoms with Gasteiger partial charge in [0.05, 0.1) is 43.1 Å². The van der Waals surface area contributed by atoms with E-state index in [1.54, 1.807) is 22.7 Å². The number of benzene rings is 7. The zero-order chi connectivity index (χ0) is 33.9. The van der Waals surface area contributed by atoms with Gasteiger partial charge in [-0.15, -0.1) is 22.7 Å².